The molecule has 9 nitrogen and oxygen atoms in total. The van der Waals surface area contributed by atoms with E-state index in [-0.39, 0.29) is 40.8 Å². The van der Waals surface area contributed by atoms with E-state index in [1.165, 1.54) is 12.3 Å². The van der Waals surface area contributed by atoms with Gasteiger partial charge < -0.3 is 21.1 Å². The van der Waals surface area contributed by atoms with Crippen LogP contribution in [0.3, 0.4) is 0 Å². The molecule has 0 fully saturated rings. The second-order valence-electron chi connectivity index (χ2n) is 8.25. The number of hydrogen-bond acceptors (Lipinski definition) is 8. The van der Waals surface area contributed by atoms with Crippen molar-refractivity contribution in [2.45, 2.75) is 37.8 Å². The van der Waals surface area contributed by atoms with Crippen molar-refractivity contribution in [3.8, 4) is 0 Å². The Hall–Kier alpha value is -3.50. The van der Waals surface area contributed by atoms with Crippen LogP contribution < -0.4 is 16.0 Å². The number of benzene rings is 2. The number of aliphatic hydroxyl groups excluding tert-OH is 1. The van der Waals surface area contributed by atoms with Crippen LogP contribution in [0.1, 0.15) is 41.4 Å². The first-order valence-electron chi connectivity index (χ1n) is 10.8. The first kappa shape index (κ1) is 25.1. The number of sulfone groups is 1. The number of anilines is 3. The molecule has 0 bridgehead atoms. The van der Waals surface area contributed by atoms with Crippen LogP contribution in [0.2, 0.25) is 0 Å². The molecule has 2 aromatic carbocycles. The van der Waals surface area contributed by atoms with Crippen LogP contribution in [0.15, 0.2) is 59.6 Å². The Bertz CT molecular complexity index is 1260. The van der Waals surface area contributed by atoms with Crippen LogP contribution in [0.5, 0.6) is 0 Å². The molecule has 10 heteroatoms. The lowest BCUT2D eigenvalue weighted by molar-refractivity contribution is 0.0943. The Morgan fingerprint density at radius 3 is 2.41 bits per heavy atom. The second kappa shape index (κ2) is 10.6. The van der Waals surface area contributed by atoms with Gasteiger partial charge in [0, 0.05) is 24.2 Å². The molecule has 34 heavy (non-hydrogen) atoms. The van der Waals surface area contributed by atoms with Crippen molar-refractivity contribution in [1.82, 2.24) is 15.3 Å². The zero-order valence-corrected chi connectivity index (χ0v) is 20.3. The molecule has 0 aliphatic carbocycles. The number of amides is 1. The average Bonchev–Trinajstić information content (AvgIpc) is 2.77. The summed E-state index contributed by atoms with van der Waals surface area (Å²) in [6, 6.07) is 13.6. The fraction of sp³-hybridized carbons (Fsp3) is 0.292. The SMILES string of the molecule is Cc1cc(Nc2ncc(C(=O)NC(C)C)c(N[C@H](CO)c3ccccc3)n2)ccc1S(C)(=O)=O. The highest BCUT2D eigenvalue weighted by atomic mass is 32.2. The molecule has 4 N–H and O–H groups in total. The molecule has 1 aromatic heterocycles. The maximum atomic E-state index is 12.8. The molecule has 0 radical (unpaired) electrons. The Morgan fingerprint density at radius 1 is 1.12 bits per heavy atom. The first-order chi connectivity index (χ1) is 16.1. The number of aryl methyl sites for hydroxylation is 1. The summed E-state index contributed by atoms with van der Waals surface area (Å²) in [6.45, 7) is 5.20. The number of nitrogens with one attached hydrogen (secondary N) is 3. The van der Waals surface area contributed by atoms with Crippen LogP contribution >= 0.6 is 0 Å². The average molecular weight is 484 g/mol. The minimum absolute atomic E-state index is 0.0859. The number of carbonyl (C=O) groups is 1. The molecule has 1 amide bonds. The van der Waals surface area contributed by atoms with Crippen molar-refractivity contribution in [3.63, 3.8) is 0 Å². The second-order valence-corrected chi connectivity index (χ2v) is 10.2. The smallest absolute Gasteiger partial charge is 0.256 e. The van der Waals surface area contributed by atoms with Gasteiger partial charge in [0.25, 0.3) is 5.91 Å². The van der Waals surface area contributed by atoms with E-state index in [4.69, 9.17) is 0 Å². The Labute approximate surface area is 199 Å². The van der Waals surface area contributed by atoms with Gasteiger partial charge in [-0.15, -0.1) is 0 Å². The van der Waals surface area contributed by atoms with E-state index in [0.717, 1.165) is 11.8 Å². The molecule has 180 valence electrons. The standard InChI is InChI=1S/C24H29N5O4S/c1-15(2)26-23(31)19-13-25-24(27-18-10-11-21(16(3)12-18)34(4,32)33)29-22(19)28-20(14-30)17-8-6-5-7-9-17/h5-13,15,20,30H,14H2,1-4H3,(H,26,31)(H2,25,27,28,29)/t20-/m1/s1. The molecule has 3 rings (SSSR count). The van der Waals surface area contributed by atoms with Crippen molar-refractivity contribution in [3.05, 3.63) is 71.4 Å². The third-order valence-corrected chi connectivity index (χ3v) is 6.24. The molecule has 0 spiro atoms. The summed E-state index contributed by atoms with van der Waals surface area (Å²) in [7, 11) is -3.33. The predicted octanol–water partition coefficient (Wildman–Crippen LogP) is 3.22. The van der Waals surface area contributed by atoms with Crippen molar-refractivity contribution >= 4 is 33.2 Å². The van der Waals surface area contributed by atoms with E-state index in [1.54, 1.807) is 19.1 Å². The molecular weight excluding hydrogens is 454 g/mol. The summed E-state index contributed by atoms with van der Waals surface area (Å²) >= 11 is 0. The number of carbonyl (C=O) groups excluding carboxylic acids is 1. The van der Waals surface area contributed by atoms with Gasteiger partial charge in [0.2, 0.25) is 5.95 Å². The lowest BCUT2D eigenvalue weighted by Crippen LogP contribution is -2.31. The van der Waals surface area contributed by atoms with Gasteiger partial charge in [0.15, 0.2) is 9.84 Å². The highest BCUT2D eigenvalue weighted by molar-refractivity contribution is 7.90. The molecule has 0 saturated heterocycles. The lowest BCUT2D eigenvalue weighted by atomic mass is 10.1. The maximum Gasteiger partial charge on any atom is 0.256 e. The summed E-state index contributed by atoms with van der Waals surface area (Å²) in [4.78, 5) is 21.8. The van der Waals surface area contributed by atoms with Gasteiger partial charge in [-0.3, -0.25) is 4.79 Å². The molecule has 0 saturated carbocycles. The van der Waals surface area contributed by atoms with E-state index < -0.39 is 15.9 Å². The molecule has 0 aliphatic rings. The molecule has 0 aliphatic heterocycles. The monoisotopic (exact) mass is 483 g/mol. The van der Waals surface area contributed by atoms with Gasteiger partial charge in [-0.1, -0.05) is 30.3 Å². The minimum Gasteiger partial charge on any atom is -0.394 e. The molecule has 0 unspecified atom stereocenters. The number of hydrogen-bond donors (Lipinski definition) is 4. The molecule has 3 aromatic rings. The fourth-order valence-electron chi connectivity index (χ4n) is 3.42. The maximum absolute atomic E-state index is 12.8. The first-order valence-corrected chi connectivity index (χ1v) is 12.7. The highest BCUT2D eigenvalue weighted by Gasteiger charge is 2.20. The zero-order chi connectivity index (χ0) is 24.9. The minimum atomic E-state index is -3.33. The normalized spacial score (nSPS) is 12.3. The summed E-state index contributed by atoms with van der Waals surface area (Å²) < 4.78 is 23.8. The fourth-order valence-corrected chi connectivity index (χ4v) is 4.37. The quantitative estimate of drug-likeness (QED) is 0.365. The van der Waals surface area contributed by atoms with Crippen LogP contribution in [0, 0.1) is 6.92 Å². The van der Waals surface area contributed by atoms with Crippen molar-refractivity contribution in [2.75, 3.05) is 23.5 Å². The van der Waals surface area contributed by atoms with Gasteiger partial charge in [0.1, 0.15) is 11.4 Å². The van der Waals surface area contributed by atoms with E-state index in [1.807, 2.05) is 44.2 Å². The zero-order valence-electron chi connectivity index (χ0n) is 19.5. The lowest BCUT2D eigenvalue weighted by Gasteiger charge is -2.20. The number of aromatic nitrogens is 2. The Morgan fingerprint density at radius 2 is 1.82 bits per heavy atom. The van der Waals surface area contributed by atoms with Crippen molar-refractivity contribution < 1.29 is 18.3 Å². The van der Waals surface area contributed by atoms with Gasteiger partial charge in [0.05, 0.1) is 17.5 Å². The van der Waals surface area contributed by atoms with Crippen LogP contribution in [-0.4, -0.2) is 48.3 Å². The summed E-state index contributed by atoms with van der Waals surface area (Å²) in [5.41, 5.74) is 2.25. The van der Waals surface area contributed by atoms with E-state index >= 15 is 0 Å². The molecular formula is C24H29N5O4S. The van der Waals surface area contributed by atoms with E-state index in [9.17, 15) is 18.3 Å². The van der Waals surface area contributed by atoms with E-state index in [2.05, 4.69) is 25.9 Å². The summed E-state index contributed by atoms with van der Waals surface area (Å²) in [5.74, 6) is 0.116. The summed E-state index contributed by atoms with van der Waals surface area (Å²) in [5, 5.41) is 19.0. The van der Waals surface area contributed by atoms with Gasteiger partial charge in [-0.25, -0.2) is 13.4 Å². The summed E-state index contributed by atoms with van der Waals surface area (Å²) in [6.07, 6.45) is 2.57. The number of nitrogens with zero attached hydrogens (tertiary/aromatic N) is 2. The topological polar surface area (TPSA) is 133 Å². The number of aliphatic hydroxyl groups is 1. The molecule has 1 heterocycles. The van der Waals surface area contributed by atoms with Crippen molar-refractivity contribution in [1.29, 1.82) is 0 Å². The van der Waals surface area contributed by atoms with Gasteiger partial charge in [-0.2, -0.15) is 4.98 Å². The number of rotatable bonds is 9. The van der Waals surface area contributed by atoms with Crippen LogP contribution in [-0.2, 0) is 9.84 Å². The Balaban J connectivity index is 1.95. The van der Waals surface area contributed by atoms with Crippen LogP contribution in [0.25, 0.3) is 0 Å². The third-order valence-electron chi connectivity index (χ3n) is 4.98. The highest BCUT2D eigenvalue weighted by Crippen LogP contribution is 2.25. The predicted molar refractivity (Wildman–Crippen MR) is 132 cm³/mol. The van der Waals surface area contributed by atoms with Gasteiger partial charge in [-0.05, 0) is 50.1 Å². The Kier molecular flexibility index (Phi) is 7.85. The third kappa shape index (κ3) is 6.30. The van der Waals surface area contributed by atoms with Gasteiger partial charge >= 0.3 is 0 Å². The van der Waals surface area contributed by atoms with E-state index in [0.29, 0.717) is 11.3 Å². The van der Waals surface area contributed by atoms with Crippen molar-refractivity contribution in [2.24, 2.45) is 0 Å². The largest absolute Gasteiger partial charge is 0.394 e. The molecule has 1 atom stereocenters. The van der Waals surface area contributed by atoms with Crippen LogP contribution in [0.4, 0.5) is 17.5 Å².